The van der Waals surface area contributed by atoms with Crippen LogP contribution in [0.3, 0.4) is 0 Å². The van der Waals surface area contributed by atoms with Crippen LogP contribution >= 0.6 is 0 Å². The molecule has 1 heteroatoms. The maximum atomic E-state index is 3.03. The molecule has 2 aromatic rings. The third-order valence-corrected chi connectivity index (χ3v) is 1.73. The Morgan fingerprint density at radius 2 is 1.13 bits per heavy atom. The fourth-order valence-corrected chi connectivity index (χ4v) is 0.966. The van der Waals surface area contributed by atoms with Gasteiger partial charge in [-0.2, -0.15) is 71.8 Å². The molecule has 0 saturated carbocycles. The molecule has 0 nitrogen and oxygen atoms in total. The average Bonchev–Trinajstić information content (AvgIpc) is 2.21. The fraction of sp³-hybridized carbons (Fsp3) is 0.143. The van der Waals surface area contributed by atoms with Gasteiger partial charge in [0.15, 0.2) is 0 Å². The van der Waals surface area contributed by atoms with Crippen LogP contribution in [-0.2, 0) is 32.7 Å². The van der Waals surface area contributed by atoms with Crippen LogP contribution in [-0.4, -0.2) is 0 Å². The smallest absolute Gasteiger partial charge is 0.181 e. The van der Waals surface area contributed by atoms with Crippen LogP contribution in [0.1, 0.15) is 11.1 Å². The van der Waals surface area contributed by atoms with E-state index in [0.717, 1.165) is 0 Å². The quantitative estimate of drug-likeness (QED) is 0.642. The molecule has 72 valence electrons. The van der Waals surface area contributed by atoms with E-state index in [1.807, 2.05) is 62.4 Å². The Morgan fingerprint density at radius 3 is 1.27 bits per heavy atom. The van der Waals surface area contributed by atoms with Gasteiger partial charge in [-0.05, 0) is 0 Å². The van der Waals surface area contributed by atoms with Gasteiger partial charge in [-0.25, -0.2) is 0 Å². The van der Waals surface area contributed by atoms with Crippen LogP contribution in [0.25, 0.3) is 0 Å². The van der Waals surface area contributed by atoms with Gasteiger partial charge in [0.2, 0.25) is 0 Å². The van der Waals surface area contributed by atoms with E-state index in [9.17, 15) is 0 Å². The Balaban J connectivity index is 0.000000245. The first-order chi connectivity index (χ1) is 6.79. The van der Waals surface area contributed by atoms with Gasteiger partial charge in [0.25, 0.3) is 0 Å². The summed E-state index contributed by atoms with van der Waals surface area (Å²) in [5.74, 6) is 0. The molecular formula is C14H14Y+. The van der Waals surface area contributed by atoms with Crippen molar-refractivity contribution in [3.8, 4) is 0 Å². The summed E-state index contributed by atoms with van der Waals surface area (Å²) >= 11 is 0. The molecule has 15 heavy (non-hydrogen) atoms. The van der Waals surface area contributed by atoms with Crippen molar-refractivity contribution in [1.29, 1.82) is 0 Å². The fourth-order valence-electron chi connectivity index (χ4n) is 0.966. The molecule has 2 aromatic carbocycles. The summed E-state index contributed by atoms with van der Waals surface area (Å²) < 4.78 is 0. The molecule has 0 spiro atoms. The van der Waals surface area contributed by atoms with Crippen LogP contribution in [0.15, 0.2) is 48.5 Å². The van der Waals surface area contributed by atoms with E-state index in [1.165, 1.54) is 11.1 Å². The van der Waals surface area contributed by atoms with Crippen molar-refractivity contribution in [3.05, 3.63) is 71.8 Å². The van der Waals surface area contributed by atoms with Crippen LogP contribution in [0, 0.1) is 26.0 Å². The van der Waals surface area contributed by atoms with Gasteiger partial charge >= 0.3 is 32.7 Å². The number of rotatable bonds is 0. The summed E-state index contributed by atoms with van der Waals surface area (Å²) in [6.45, 7) is 4.06. The largest absolute Gasteiger partial charge is 3.00 e. The van der Waals surface area contributed by atoms with Gasteiger partial charge in [0.1, 0.15) is 0 Å². The van der Waals surface area contributed by atoms with E-state index in [2.05, 4.69) is 12.1 Å². The average molecular weight is 271 g/mol. The minimum atomic E-state index is 0. The van der Waals surface area contributed by atoms with Crippen molar-refractivity contribution in [2.75, 3.05) is 0 Å². The molecule has 0 heterocycles. The minimum Gasteiger partial charge on any atom is -0.181 e. The molecule has 0 radical (unpaired) electrons. The van der Waals surface area contributed by atoms with Crippen LogP contribution < -0.4 is 0 Å². The molecule has 0 aromatic heterocycles. The zero-order valence-corrected chi connectivity index (χ0v) is 12.0. The molecule has 0 aliphatic heterocycles. The summed E-state index contributed by atoms with van der Waals surface area (Å²) in [7, 11) is 0. The predicted molar refractivity (Wildman–Crippen MR) is 60.0 cm³/mol. The number of hydrogen-bond donors (Lipinski definition) is 0. The van der Waals surface area contributed by atoms with Gasteiger partial charge in [-0.3, -0.25) is 0 Å². The van der Waals surface area contributed by atoms with Gasteiger partial charge in [-0.1, -0.05) is 13.8 Å². The van der Waals surface area contributed by atoms with Crippen LogP contribution in [0.5, 0.6) is 0 Å². The summed E-state index contributed by atoms with van der Waals surface area (Å²) in [6, 6.07) is 21.9. The van der Waals surface area contributed by atoms with Crippen LogP contribution in [0.4, 0.5) is 0 Å². The Bertz CT molecular complexity index is 303. The molecule has 0 unspecified atom stereocenters. The molecule has 0 saturated heterocycles. The molecular weight excluding hydrogens is 257 g/mol. The first kappa shape index (κ1) is 14.5. The summed E-state index contributed by atoms with van der Waals surface area (Å²) in [4.78, 5) is 0. The normalized spacial score (nSPS) is 8.13. The van der Waals surface area contributed by atoms with Crippen molar-refractivity contribution in [2.24, 2.45) is 0 Å². The van der Waals surface area contributed by atoms with E-state index in [0.29, 0.717) is 0 Å². The van der Waals surface area contributed by atoms with E-state index in [-0.39, 0.29) is 32.7 Å². The molecule has 0 aliphatic carbocycles. The Hall–Kier alpha value is -0.456. The topological polar surface area (TPSA) is 0 Å². The maximum Gasteiger partial charge on any atom is 3.00 e. The Kier molecular flexibility index (Phi) is 8.55. The molecule has 0 atom stereocenters. The summed E-state index contributed by atoms with van der Waals surface area (Å²) in [5.41, 5.74) is 2.39. The SMILES string of the molecule is Cc1[c-]cccc1.Cc1[c-]cccc1.[Y+3]. The van der Waals surface area contributed by atoms with Crippen LogP contribution in [0.2, 0.25) is 0 Å². The molecule has 0 aliphatic rings. The number of hydrogen-bond acceptors (Lipinski definition) is 0. The monoisotopic (exact) mass is 271 g/mol. The Morgan fingerprint density at radius 1 is 0.733 bits per heavy atom. The van der Waals surface area contributed by atoms with E-state index < -0.39 is 0 Å². The second-order valence-corrected chi connectivity index (χ2v) is 3.09. The predicted octanol–water partition coefficient (Wildman–Crippen LogP) is 3.59. The minimum absolute atomic E-state index is 0. The van der Waals surface area contributed by atoms with E-state index in [1.54, 1.807) is 0 Å². The van der Waals surface area contributed by atoms with Crippen molar-refractivity contribution < 1.29 is 32.7 Å². The van der Waals surface area contributed by atoms with Crippen molar-refractivity contribution >= 4 is 0 Å². The number of aryl methyl sites for hydroxylation is 2. The second-order valence-electron chi connectivity index (χ2n) is 3.09. The summed E-state index contributed by atoms with van der Waals surface area (Å²) in [6.07, 6.45) is 0. The number of benzene rings is 2. The zero-order chi connectivity index (χ0) is 10.2. The molecule has 0 fully saturated rings. The Labute approximate surface area is 118 Å². The van der Waals surface area contributed by atoms with Gasteiger partial charge < -0.3 is 0 Å². The second kappa shape index (κ2) is 8.82. The zero-order valence-electron chi connectivity index (χ0n) is 9.20. The molecule has 0 N–H and O–H groups in total. The first-order valence-corrected chi connectivity index (χ1v) is 4.65. The molecule has 0 amide bonds. The third-order valence-electron chi connectivity index (χ3n) is 1.73. The van der Waals surface area contributed by atoms with E-state index >= 15 is 0 Å². The molecule has 0 bridgehead atoms. The summed E-state index contributed by atoms with van der Waals surface area (Å²) in [5, 5.41) is 0. The molecule has 2 rings (SSSR count). The maximum absolute atomic E-state index is 3.03. The first-order valence-electron chi connectivity index (χ1n) is 4.65. The van der Waals surface area contributed by atoms with Crippen molar-refractivity contribution in [2.45, 2.75) is 13.8 Å². The third kappa shape index (κ3) is 7.47. The van der Waals surface area contributed by atoms with Crippen molar-refractivity contribution in [1.82, 2.24) is 0 Å². The van der Waals surface area contributed by atoms with Crippen molar-refractivity contribution in [3.63, 3.8) is 0 Å². The van der Waals surface area contributed by atoms with Gasteiger partial charge in [0, 0.05) is 0 Å². The standard InChI is InChI=1S/2C7H7.Y/c2*1-7-5-3-2-4-6-7;/h2*2-5H,1H3;/q2*-1;+3. The van der Waals surface area contributed by atoms with Gasteiger partial charge in [0.05, 0.1) is 0 Å². The van der Waals surface area contributed by atoms with E-state index in [4.69, 9.17) is 0 Å². The van der Waals surface area contributed by atoms with Gasteiger partial charge in [-0.15, -0.1) is 0 Å².